The van der Waals surface area contributed by atoms with Crippen LogP contribution in [0.25, 0.3) is 0 Å². The summed E-state index contributed by atoms with van der Waals surface area (Å²) in [5, 5.41) is 0. The minimum Gasteiger partial charge on any atom is -0.360 e. The van der Waals surface area contributed by atoms with E-state index in [1.165, 1.54) is 12.8 Å². The van der Waals surface area contributed by atoms with Crippen LogP contribution < -0.4 is 0 Å². The number of hydrogen-bond acceptors (Lipinski definition) is 5. The third-order valence-corrected chi connectivity index (χ3v) is 15.2. The standard InChI is InChI=1S/C28H26O5S2/c29-34(30,17-7-3-1-4-8-17)21-22(35(31,32)18-9-5-2-6-10-18)24-26(15-16-26)23(21)27-19-11-12-20(25(19)13-14-25)28(24,27)33-27/h1-10,19-20,23-24H,11-16H2/t19-,20-,23-,24-,27-,28-/m0/s1. The lowest BCUT2D eigenvalue weighted by Crippen LogP contribution is -2.41. The quantitative estimate of drug-likeness (QED) is 0.570. The van der Waals surface area contributed by atoms with Gasteiger partial charge in [0.25, 0.3) is 0 Å². The van der Waals surface area contributed by atoms with E-state index in [0.717, 1.165) is 25.7 Å². The van der Waals surface area contributed by atoms with Gasteiger partial charge in [-0.25, -0.2) is 16.8 Å². The molecule has 35 heavy (non-hydrogen) atoms. The Balaban J connectivity index is 1.37. The third kappa shape index (κ3) is 1.82. The molecule has 6 aliphatic carbocycles. The van der Waals surface area contributed by atoms with Crippen molar-refractivity contribution in [2.24, 2.45) is 34.5 Å². The molecule has 0 unspecified atom stereocenters. The molecule has 4 bridgehead atoms. The molecule has 2 spiro atoms. The van der Waals surface area contributed by atoms with E-state index in [0.29, 0.717) is 11.8 Å². The number of rotatable bonds is 4. The monoisotopic (exact) mass is 506 g/mol. The predicted octanol–water partition coefficient (Wildman–Crippen LogP) is 4.51. The summed E-state index contributed by atoms with van der Waals surface area (Å²) in [6.07, 6.45) is 6.33. The van der Waals surface area contributed by atoms with Crippen LogP contribution in [-0.2, 0) is 24.4 Å². The van der Waals surface area contributed by atoms with Crippen molar-refractivity contribution in [3.63, 3.8) is 0 Å². The van der Waals surface area contributed by atoms with E-state index in [4.69, 9.17) is 4.74 Å². The van der Waals surface area contributed by atoms with Gasteiger partial charge in [0.2, 0.25) is 19.7 Å². The van der Waals surface area contributed by atoms with Gasteiger partial charge in [0, 0.05) is 11.8 Å². The van der Waals surface area contributed by atoms with Crippen molar-refractivity contribution in [2.45, 2.75) is 59.5 Å². The molecule has 1 heterocycles. The second-order valence-electron chi connectivity index (χ2n) is 12.1. The van der Waals surface area contributed by atoms with Crippen molar-refractivity contribution in [1.82, 2.24) is 0 Å². The van der Waals surface area contributed by atoms with Gasteiger partial charge >= 0.3 is 0 Å². The molecule has 2 aromatic carbocycles. The van der Waals surface area contributed by atoms with Crippen LogP contribution in [0.2, 0.25) is 0 Å². The highest BCUT2D eigenvalue weighted by Gasteiger charge is 3.04. The van der Waals surface area contributed by atoms with Crippen LogP contribution in [0.3, 0.4) is 0 Å². The van der Waals surface area contributed by atoms with Gasteiger partial charge in [0.15, 0.2) is 0 Å². The van der Waals surface area contributed by atoms with Crippen molar-refractivity contribution in [1.29, 1.82) is 0 Å². The fraction of sp³-hybridized carbons (Fsp3) is 0.500. The lowest BCUT2D eigenvalue weighted by atomic mass is 9.73. The van der Waals surface area contributed by atoms with Gasteiger partial charge in [-0.1, -0.05) is 36.4 Å². The Bertz CT molecular complexity index is 1470. The van der Waals surface area contributed by atoms with Gasteiger partial charge in [0.1, 0.15) is 11.2 Å². The van der Waals surface area contributed by atoms with E-state index < -0.39 is 30.9 Å². The van der Waals surface area contributed by atoms with Gasteiger partial charge in [-0.15, -0.1) is 0 Å². The maximum atomic E-state index is 14.4. The Kier molecular flexibility index (Phi) is 3.15. The molecule has 0 amide bonds. The second-order valence-corrected chi connectivity index (χ2v) is 15.9. The molecule has 7 heteroatoms. The molecule has 1 aliphatic heterocycles. The molecule has 9 rings (SSSR count). The highest BCUT2D eigenvalue weighted by molar-refractivity contribution is 7.99. The number of hydrogen-bond donors (Lipinski definition) is 0. The van der Waals surface area contributed by atoms with Crippen LogP contribution in [-0.4, -0.2) is 28.0 Å². The Morgan fingerprint density at radius 3 is 1.37 bits per heavy atom. The summed E-state index contributed by atoms with van der Waals surface area (Å²) >= 11 is 0. The average molecular weight is 507 g/mol. The Morgan fingerprint density at radius 2 is 1.00 bits per heavy atom. The number of epoxide rings is 1. The minimum absolute atomic E-state index is 0.173. The average Bonchev–Trinajstić information content (AvgIpc) is 3.79. The molecule has 2 aromatic rings. The van der Waals surface area contributed by atoms with E-state index in [1.807, 2.05) is 0 Å². The van der Waals surface area contributed by atoms with Gasteiger partial charge < -0.3 is 4.74 Å². The summed E-state index contributed by atoms with van der Waals surface area (Å²) in [6.45, 7) is 0. The summed E-state index contributed by atoms with van der Waals surface area (Å²) < 4.78 is 64.4. The van der Waals surface area contributed by atoms with Crippen molar-refractivity contribution in [2.75, 3.05) is 0 Å². The first kappa shape index (κ1) is 20.1. The molecule has 1 saturated heterocycles. The molecular weight excluding hydrogens is 480 g/mol. The molecule has 7 aliphatic rings. The zero-order chi connectivity index (χ0) is 23.6. The third-order valence-electron chi connectivity index (χ3n) is 11.2. The maximum Gasteiger partial charge on any atom is 0.204 e. The van der Waals surface area contributed by atoms with Crippen LogP contribution in [0.4, 0.5) is 0 Å². The summed E-state index contributed by atoms with van der Waals surface area (Å²) in [7, 11) is -8.02. The smallest absolute Gasteiger partial charge is 0.204 e. The van der Waals surface area contributed by atoms with Crippen molar-refractivity contribution >= 4 is 19.7 Å². The first-order valence-corrected chi connectivity index (χ1v) is 15.8. The molecule has 6 fully saturated rings. The Morgan fingerprint density at radius 1 is 0.600 bits per heavy atom. The Hall–Kier alpha value is -1.96. The largest absolute Gasteiger partial charge is 0.360 e. The summed E-state index contributed by atoms with van der Waals surface area (Å²) in [6, 6.07) is 16.8. The van der Waals surface area contributed by atoms with E-state index in [-0.39, 0.29) is 42.3 Å². The number of benzene rings is 2. The van der Waals surface area contributed by atoms with Crippen molar-refractivity contribution < 1.29 is 21.6 Å². The first-order chi connectivity index (χ1) is 16.8. The lowest BCUT2D eigenvalue weighted by molar-refractivity contribution is 0.0112. The highest BCUT2D eigenvalue weighted by atomic mass is 32.2. The fourth-order valence-corrected chi connectivity index (χ4v) is 14.6. The molecule has 5 saturated carbocycles. The number of ether oxygens (including phenoxy) is 1. The predicted molar refractivity (Wildman–Crippen MR) is 127 cm³/mol. The molecule has 0 N–H and O–H groups in total. The zero-order valence-corrected chi connectivity index (χ0v) is 20.8. The van der Waals surface area contributed by atoms with E-state index in [2.05, 4.69) is 0 Å². The van der Waals surface area contributed by atoms with Gasteiger partial charge in [0.05, 0.1) is 19.6 Å². The normalized spacial score (nSPS) is 41.9. The van der Waals surface area contributed by atoms with Crippen LogP contribution >= 0.6 is 0 Å². The molecule has 5 nitrogen and oxygen atoms in total. The first-order valence-electron chi connectivity index (χ1n) is 12.8. The molecule has 0 aromatic heterocycles. The fourth-order valence-electron chi connectivity index (χ4n) is 10.2. The number of sulfone groups is 2. The maximum absolute atomic E-state index is 14.4. The van der Waals surface area contributed by atoms with Crippen LogP contribution in [0.15, 0.2) is 80.3 Å². The highest BCUT2D eigenvalue weighted by Crippen LogP contribution is 2.98. The zero-order valence-electron chi connectivity index (χ0n) is 19.2. The SMILES string of the molecule is O=S(=O)(C1=C(S(=O)(=O)c2ccccc2)[C@H]2C3(CC3)[C@H]1[C@]13O[C@@]21[C@H]1CC[C@H]3C12CC2)c1ccccc1. The summed E-state index contributed by atoms with van der Waals surface area (Å²) in [5.74, 6) is 0.0572. The van der Waals surface area contributed by atoms with Crippen molar-refractivity contribution in [3.8, 4) is 0 Å². The topological polar surface area (TPSA) is 80.8 Å². The van der Waals surface area contributed by atoms with Crippen molar-refractivity contribution in [3.05, 3.63) is 70.5 Å². The van der Waals surface area contributed by atoms with E-state index in [9.17, 15) is 16.8 Å². The van der Waals surface area contributed by atoms with E-state index in [1.54, 1.807) is 60.7 Å². The lowest BCUT2D eigenvalue weighted by Gasteiger charge is -2.33. The summed E-state index contributed by atoms with van der Waals surface area (Å²) in [4.78, 5) is 0.718. The van der Waals surface area contributed by atoms with Gasteiger partial charge in [-0.05, 0) is 85.5 Å². The molecule has 6 atom stereocenters. The second kappa shape index (κ2) is 5.48. The minimum atomic E-state index is -4.01. The van der Waals surface area contributed by atoms with Crippen LogP contribution in [0.1, 0.15) is 38.5 Å². The summed E-state index contributed by atoms with van der Waals surface area (Å²) in [5.41, 5.74) is -0.955. The Labute approximate surface area is 205 Å². The van der Waals surface area contributed by atoms with Crippen LogP contribution in [0.5, 0.6) is 0 Å². The van der Waals surface area contributed by atoms with Crippen LogP contribution in [0, 0.1) is 34.5 Å². The molecule has 0 radical (unpaired) electrons. The van der Waals surface area contributed by atoms with Gasteiger partial charge in [-0.3, -0.25) is 0 Å². The van der Waals surface area contributed by atoms with E-state index >= 15 is 0 Å². The molecular formula is C28H26O5S2. The van der Waals surface area contributed by atoms with Gasteiger partial charge in [-0.2, -0.15) is 0 Å². The molecule has 180 valence electrons.